The van der Waals surface area contributed by atoms with Crippen molar-refractivity contribution in [2.45, 2.75) is 19.6 Å². The minimum absolute atomic E-state index is 0. The number of rotatable bonds is 9. The molecule has 1 amide bonds. The quantitative estimate of drug-likeness (QED) is 0.212. The van der Waals surface area contributed by atoms with Crippen molar-refractivity contribution in [2.75, 3.05) is 20.6 Å². The summed E-state index contributed by atoms with van der Waals surface area (Å²) in [5, 5.41) is 9.25. The number of nitrogens with zero attached hydrogens (tertiary/aromatic N) is 2. The van der Waals surface area contributed by atoms with Crippen LogP contribution in [0.1, 0.15) is 27.0 Å². The third-order valence-electron chi connectivity index (χ3n) is 4.83. The Morgan fingerprint density at radius 3 is 2.52 bits per heavy atom. The molecule has 0 saturated carbocycles. The molecule has 0 spiro atoms. The molecule has 8 heteroatoms. The fraction of sp³-hybridized carbons (Fsp3) is 0.240. The Bertz CT molecular complexity index is 1040. The molecule has 0 aliphatic carbocycles. The van der Waals surface area contributed by atoms with E-state index in [0.29, 0.717) is 37.1 Å². The van der Waals surface area contributed by atoms with E-state index in [4.69, 9.17) is 4.74 Å². The minimum atomic E-state index is -0.0817. The van der Waals surface area contributed by atoms with Gasteiger partial charge in [0.1, 0.15) is 6.61 Å². The van der Waals surface area contributed by atoms with Crippen molar-refractivity contribution >= 4 is 35.8 Å². The van der Waals surface area contributed by atoms with Gasteiger partial charge in [-0.2, -0.15) is 0 Å². The van der Waals surface area contributed by atoms with Crippen molar-refractivity contribution < 1.29 is 9.53 Å². The van der Waals surface area contributed by atoms with E-state index in [-0.39, 0.29) is 29.9 Å². The lowest BCUT2D eigenvalue weighted by molar-refractivity contribution is 0.0963. The molecule has 7 nitrogen and oxygen atoms in total. The van der Waals surface area contributed by atoms with Crippen molar-refractivity contribution in [3.8, 4) is 5.88 Å². The second-order valence-electron chi connectivity index (χ2n) is 7.16. The normalized spacial score (nSPS) is 10.7. The fourth-order valence-electron chi connectivity index (χ4n) is 3.11. The maximum atomic E-state index is 11.8. The van der Waals surface area contributed by atoms with Gasteiger partial charge in [-0.15, -0.1) is 24.0 Å². The van der Waals surface area contributed by atoms with Crippen LogP contribution in [0.25, 0.3) is 0 Å². The Labute approximate surface area is 212 Å². The molecular formula is C25H30IN5O2. The van der Waals surface area contributed by atoms with E-state index in [0.717, 1.165) is 23.1 Å². The summed E-state index contributed by atoms with van der Waals surface area (Å²) in [4.78, 5) is 20.3. The highest BCUT2D eigenvalue weighted by atomic mass is 127. The molecule has 0 bridgehead atoms. The highest BCUT2D eigenvalue weighted by molar-refractivity contribution is 14.0. The molecule has 0 fully saturated rings. The molecule has 3 N–H and O–H groups in total. The molecule has 0 unspecified atom stereocenters. The minimum Gasteiger partial charge on any atom is -0.473 e. The third kappa shape index (κ3) is 8.72. The zero-order valence-corrected chi connectivity index (χ0v) is 21.2. The number of aliphatic imine (C=N–C) groups is 1. The summed E-state index contributed by atoms with van der Waals surface area (Å²) in [6, 6.07) is 21.5. The van der Waals surface area contributed by atoms with Gasteiger partial charge in [0, 0.05) is 45.0 Å². The molecular weight excluding hydrogens is 529 g/mol. The van der Waals surface area contributed by atoms with Crippen molar-refractivity contribution in [1.82, 2.24) is 20.9 Å². The van der Waals surface area contributed by atoms with Gasteiger partial charge in [-0.05, 0) is 41.3 Å². The standard InChI is InChI=1S/C25H29N5O2.HI/c1-26-24(31)22-10-6-9-19(15-22)11-14-29-25(27-2)30-17-21-12-13-28-23(16-21)32-18-20-7-4-3-5-8-20;/h3-10,12-13,15-16H,11,14,17-18H2,1-2H3,(H,26,31)(H2,27,29,30);1H. The lowest BCUT2D eigenvalue weighted by Crippen LogP contribution is -2.37. The van der Waals surface area contributed by atoms with Gasteiger partial charge >= 0.3 is 0 Å². The smallest absolute Gasteiger partial charge is 0.251 e. The summed E-state index contributed by atoms with van der Waals surface area (Å²) in [6.07, 6.45) is 2.52. The van der Waals surface area contributed by atoms with E-state index in [1.54, 1.807) is 20.3 Å². The number of carbonyl (C=O) groups excluding carboxylic acids is 1. The van der Waals surface area contributed by atoms with Gasteiger partial charge in [0.25, 0.3) is 5.91 Å². The van der Waals surface area contributed by atoms with E-state index in [2.05, 4.69) is 25.9 Å². The molecule has 2 aromatic carbocycles. The van der Waals surface area contributed by atoms with Crippen molar-refractivity contribution in [3.05, 3.63) is 95.2 Å². The van der Waals surface area contributed by atoms with E-state index in [9.17, 15) is 4.79 Å². The van der Waals surface area contributed by atoms with Crippen LogP contribution in [0.2, 0.25) is 0 Å². The maximum Gasteiger partial charge on any atom is 0.251 e. The average Bonchev–Trinajstić information content (AvgIpc) is 2.85. The molecule has 0 atom stereocenters. The molecule has 1 heterocycles. The summed E-state index contributed by atoms with van der Waals surface area (Å²) in [5.74, 6) is 1.21. The van der Waals surface area contributed by atoms with Crippen LogP contribution in [0.5, 0.6) is 5.88 Å². The first-order chi connectivity index (χ1) is 15.7. The number of pyridine rings is 1. The molecule has 0 aliphatic rings. The van der Waals surface area contributed by atoms with Crippen LogP contribution >= 0.6 is 24.0 Å². The maximum absolute atomic E-state index is 11.8. The lowest BCUT2D eigenvalue weighted by atomic mass is 10.1. The second kappa shape index (κ2) is 14.1. The predicted molar refractivity (Wildman–Crippen MR) is 142 cm³/mol. The number of carbonyl (C=O) groups is 1. The van der Waals surface area contributed by atoms with Crippen molar-refractivity contribution in [3.63, 3.8) is 0 Å². The number of hydrogen-bond acceptors (Lipinski definition) is 4. The lowest BCUT2D eigenvalue weighted by Gasteiger charge is -2.13. The number of nitrogens with one attached hydrogen (secondary N) is 3. The summed E-state index contributed by atoms with van der Waals surface area (Å²) in [5.41, 5.74) is 3.89. The average molecular weight is 559 g/mol. The first-order valence-corrected chi connectivity index (χ1v) is 10.5. The third-order valence-corrected chi connectivity index (χ3v) is 4.83. The van der Waals surface area contributed by atoms with Gasteiger partial charge in [0.15, 0.2) is 5.96 Å². The van der Waals surface area contributed by atoms with Crippen LogP contribution in [-0.2, 0) is 19.6 Å². The first-order valence-electron chi connectivity index (χ1n) is 10.5. The van der Waals surface area contributed by atoms with Gasteiger partial charge in [-0.3, -0.25) is 9.79 Å². The SMILES string of the molecule is CN=C(NCCc1cccc(C(=O)NC)c1)NCc1ccnc(OCc2ccccc2)c1.I. The summed E-state index contributed by atoms with van der Waals surface area (Å²) in [7, 11) is 3.37. The molecule has 1 aromatic heterocycles. The molecule has 0 aliphatic heterocycles. The number of guanidine groups is 1. The van der Waals surface area contributed by atoms with E-state index < -0.39 is 0 Å². The number of benzene rings is 2. The first kappa shape index (κ1) is 26.1. The highest BCUT2D eigenvalue weighted by Crippen LogP contribution is 2.12. The van der Waals surface area contributed by atoms with E-state index >= 15 is 0 Å². The zero-order chi connectivity index (χ0) is 22.6. The Balaban J connectivity index is 0.00000385. The Hall–Kier alpha value is -3.14. The number of aromatic nitrogens is 1. The van der Waals surface area contributed by atoms with Crippen molar-refractivity contribution in [2.24, 2.45) is 4.99 Å². The fourth-order valence-corrected chi connectivity index (χ4v) is 3.11. The molecule has 0 saturated heterocycles. The van der Waals surface area contributed by atoms with Crippen molar-refractivity contribution in [1.29, 1.82) is 0 Å². The van der Waals surface area contributed by atoms with Crippen LogP contribution in [0.3, 0.4) is 0 Å². The molecule has 174 valence electrons. The Kier molecular flexibility index (Phi) is 11.2. The van der Waals surface area contributed by atoms with E-state index in [1.807, 2.05) is 66.7 Å². The van der Waals surface area contributed by atoms with Crippen LogP contribution < -0.4 is 20.7 Å². The Morgan fingerprint density at radius 2 is 1.76 bits per heavy atom. The number of hydrogen-bond donors (Lipinski definition) is 3. The molecule has 3 rings (SSSR count). The summed E-state index contributed by atoms with van der Waals surface area (Å²) < 4.78 is 5.80. The van der Waals surface area contributed by atoms with Gasteiger partial charge in [0.2, 0.25) is 5.88 Å². The zero-order valence-electron chi connectivity index (χ0n) is 18.9. The molecule has 33 heavy (non-hydrogen) atoms. The largest absolute Gasteiger partial charge is 0.473 e. The highest BCUT2D eigenvalue weighted by Gasteiger charge is 2.05. The van der Waals surface area contributed by atoms with Crippen LogP contribution in [0.4, 0.5) is 0 Å². The Morgan fingerprint density at radius 1 is 0.970 bits per heavy atom. The van der Waals surface area contributed by atoms with Gasteiger partial charge in [-0.1, -0.05) is 42.5 Å². The summed E-state index contributed by atoms with van der Waals surface area (Å²) in [6.45, 7) is 1.77. The topological polar surface area (TPSA) is 87.6 Å². The van der Waals surface area contributed by atoms with Crippen LogP contribution in [0, 0.1) is 0 Å². The van der Waals surface area contributed by atoms with Crippen LogP contribution in [0.15, 0.2) is 77.9 Å². The van der Waals surface area contributed by atoms with Gasteiger partial charge in [0.05, 0.1) is 0 Å². The van der Waals surface area contributed by atoms with E-state index in [1.165, 1.54) is 0 Å². The number of amides is 1. The molecule has 3 aromatic rings. The number of ether oxygens (including phenoxy) is 1. The number of halogens is 1. The predicted octanol–water partition coefficient (Wildman–Crippen LogP) is 3.55. The monoisotopic (exact) mass is 559 g/mol. The molecule has 0 radical (unpaired) electrons. The second-order valence-corrected chi connectivity index (χ2v) is 7.16. The van der Waals surface area contributed by atoms with Crippen LogP contribution in [-0.4, -0.2) is 37.5 Å². The van der Waals surface area contributed by atoms with Gasteiger partial charge < -0.3 is 20.7 Å². The summed E-state index contributed by atoms with van der Waals surface area (Å²) >= 11 is 0. The van der Waals surface area contributed by atoms with Gasteiger partial charge in [-0.25, -0.2) is 4.98 Å².